The van der Waals surface area contributed by atoms with Crippen LogP contribution in [0.25, 0.3) is 5.52 Å². The quantitative estimate of drug-likeness (QED) is 0.0385. The van der Waals surface area contributed by atoms with Gasteiger partial charge >= 0.3 is 7.75 Å². The fourth-order valence-electron chi connectivity index (χ4n) is 7.72. The predicted molar refractivity (Wildman–Crippen MR) is 223 cm³/mol. The van der Waals surface area contributed by atoms with Gasteiger partial charge in [-0.2, -0.15) is 10.4 Å². The number of hydrogen-bond donors (Lipinski definition) is 4. The molecule has 1 aromatic carbocycles. The molecular formula is C43H68FN6O7P. The molecule has 1 aliphatic rings. The first-order chi connectivity index (χ1) is 27.9. The van der Waals surface area contributed by atoms with E-state index in [0.29, 0.717) is 23.2 Å². The smallest absolute Gasteiger partial charge is 0.387 e. The van der Waals surface area contributed by atoms with Gasteiger partial charge in [-0.05, 0) is 56.3 Å². The van der Waals surface area contributed by atoms with Crippen LogP contribution in [0.3, 0.4) is 0 Å². The number of benzene rings is 1. The third-order valence-electron chi connectivity index (χ3n) is 11.3. The summed E-state index contributed by atoms with van der Waals surface area (Å²) in [5, 5.41) is 35.5. The predicted octanol–water partition coefficient (Wildman–Crippen LogP) is 8.94. The van der Waals surface area contributed by atoms with E-state index in [1.807, 2.05) is 6.07 Å². The molecule has 4 rings (SSSR count). The number of nitrogens with two attached hydrogens (primary N) is 1. The summed E-state index contributed by atoms with van der Waals surface area (Å²) in [5.74, 6) is -0.308. The van der Waals surface area contributed by atoms with E-state index in [9.17, 15) is 29.3 Å². The Labute approximate surface area is 344 Å². The molecule has 6 atom stereocenters. The second kappa shape index (κ2) is 24.3. The average Bonchev–Trinajstić information content (AvgIpc) is 3.73. The molecule has 324 valence electrons. The molecule has 1 unspecified atom stereocenters. The minimum Gasteiger partial charge on any atom is -0.387 e. The van der Waals surface area contributed by atoms with Crippen molar-refractivity contribution in [2.75, 3.05) is 25.9 Å². The number of unbranched alkanes of at least 4 members (excludes halogenated alkanes) is 17. The molecule has 58 heavy (non-hydrogen) atoms. The van der Waals surface area contributed by atoms with E-state index >= 15 is 0 Å². The lowest BCUT2D eigenvalue weighted by Crippen LogP contribution is -2.44. The van der Waals surface area contributed by atoms with Crippen LogP contribution in [0.2, 0.25) is 0 Å². The van der Waals surface area contributed by atoms with Gasteiger partial charge in [-0.15, -0.1) is 0 Å². The van der Waals surface area contributed by atoms with Gasteiger partial charge in [0.15, 0.2) is 5.82 Å². The van der Waals surface area contributed by atoms with Gasteiger partial charge in [0, 0.05) is 6.54 Å². The Balaban J connectivity index is 1.22. The zero-order valence-electron chi connectivity index (χ0n) is 34.9. The van der Waals surface area contributed by atoms with Crippen molar-refractivity contribution in [1.29, 1.82) is 5.26 Å². The van der Waals surface area contributed by atoms with Crippen molar-refractivity contribution in [3.63, 3.8) is 0 Å². The average molecular weight is 831 g/mol. The minimum atomic E-state index is -4.46. The fraction of sp³-hybridized carbons (Fsp3) is 0.698. The first-order valence-electron chi connectivity index (χ1n) is 21.5. The monoisotopic (exact) mass is 830 g/mol. The maximum Gasteiger partial charge on any atom is 0.405 e. The van der Waals surface area contributed by atoms with Gasteiger partial charge in [0.2, 0.25) is 0 Å². The number of ether oxygens (including phenoxy) is 2. The van der Waals surface area contributed by atoms with Crippen LogP contribution in [-0.2, 0) is 25.2 Å². The van der Waals surface area contributed by atoms with E-state index in [-0.39, 0.29) is 24.5 Å². The van der Waals surface area contributed by atoms with E-state index < -0.39 is 50.2 Å². The molecule has 3 aromatic rings. The van der Waals surface area contributed by atoms with Crippen LogP contribution in [0.15, 0.2) is 36.7 Å². The largest absolute Gasteiger partial charge is 0.405 e. The van der Waals surface area contributed by atoms with Crippen molar-refractivity contribution >= 4 is 19.1 Å². The van der Waals surface area contributed by atoms with E-state index in [1.165, 1.54) is 125 Å². The zero-order chi connectivity index (χ0) is 42.0. The van der Waals surface area contributed by atoms with Gasteiger partial charge in [0.05, 0.1) is 36.6 Å². The minimum absolute atomic E-state index is 0.0168. The van der Waals surface area contributed by atoms with Crippen LogP contribution in [0.1, 0.15) is 159 Å². The van der Waals surface area contributed by atoms with E-state index in [0.717, 1.165) is 31.7 Å². The molecule has 5 N–H and O–H groups in total. The van der Waals surface area contributed by atoms with Crippen LogP contribution < -0.4 is 5.73 Å². The molecule has 3 heterocycles. The maximum atomic E-state index is 14.2. The summed E-state index contributed by atoms with van der Waals surface area (Å²) in [4.78, 5) is 15.1. The summed E-state index contributed by atoms with van der Waals surface area (Å²) < 4.78 is 48.3. The summed E-state index contributed by atoms with van der Waals surface area (Å²) in [7, 11) is -3.01. The summed E-state index contributed by atoms with van der Waals surface area (Å²) >= 11 is 0. The lowest BCUT2D eigenvalue weighted by Gasteiger charge is -2.31. The van der Waals surface area contributed by atoms with Gasteiger partial charge in [-0.25, -0.2) is 23.1 Å². The second-order valence-electron chi connectivity index (χ2n) is 16.3. The van der Waals surface area contributed by atoms with Crippen LogP contribution >= 0.6 is 7.75 Å². The third-order valence-corrected chi connectivity index (χ3v) is 12.8. The van der Waals surface area contributed by atoms with E-state index in [4.69, 9.17) is 19.7 Å². The van der Waals surface area contributed by atoms with Gasteiger partial charge in [-0.3, -0.25) is 4.52 Å². The number of nitrogen functional groups attached to an aromatic ring is 1. The Hall–Kier alpha value is -2.99. The number of aromatic nitrogens is 3. The SMILES string of the molecule is CCCCCCCCCCCCCCCCCCCC[C@H](CN(C)P(=O)(O)OC[C@@]1(C)O[C@@H](c2ccc3c(N)ncnn23)[C@H](O)[C@@H]1O)OCc1cc(F)cc(C#N)c1. The number of halogens is 1. The van der Waals surface area contributed by atoms with Crippen LogP contribution in [0, 0.1) is 17.1 Å². The molecule has 0 radical (unpaired) electrons. The zero-order valence-corrected chi connectivity index (χ0v) is 35.8. The third kappa shape index (κ3) is 14.6. The number of aliphatic hydroxyl groups excluding tert-OH is 2. The summed E-state index contributed by atoms with van der Waals surface area (Å²) in [6, 6.07) is 9.32. The van der Waals surface area contributed by atoms with Crippen molar-refractivity contribution in [2.24, 2.45) is 0 Å². The van der Waals surface area contributed by atoms with Crippen molar-refractivity contribution in [2.45, 2.75) is 172 Å². The topological polar surface area (TPSA) is 189 Å². The molecule has 13 nitrogen and oxygen atoms in total. The second-order valence-corrected chi connectivity index (χ2v) is 18.2. The number of nitrogens with zero attached hydrogens (tertiary/aromatic N) is 5. The van der Waals surface area contributed by atoms with Crippen molar-refractivity contribution < 1.29 is 38.1 Å². The van der Waals surface area contributed by atoms with Crippen molar-refractivity contribution in [3.8, 4) is 6.07 Å². The highest BCUT2D eigenvalue weighted by atomic mass is 31.2. The Morgan fingerprint density at radius 1 is 0.983 bits per heavy atom. The van der Waals surface area contributed by atoms with E-state index in [1.54, 1.807) is 18.2 Å². The number of anilines is 1. The van der Waals surface area contributed by atoms with Crippen molar-refractivity contribution in [3.05, 3.63) is 59.3 Å². The van der Waals surface area contributed by atoms with Gasteiger partial charge in [0.25, 0.3) is 0 Å². The molecule has 2 aromatic heterocycles. The number of rotatable bonds is 29. The molecular weight excluding hydrogens is 762 g/mol. The molecule has 1 saturated heterocycles. The molecule has 0 spiro atoms. The maximum absolute atomic E-state index is 14.2. The lowest BCUT2D eigenvalue weighted by atomic mass is 9.97. The van der Waals surface area contributed by atoms with Crippen LogP contribution in [0.5, 0.6) is 0 Å². The number of likely N-dealkylation sites (N-methyl/N-ethyl adjacent to an activating group) is 1. The summed E-state index contributed by atoms with van der Waals surface area (Å²) in [6.45, 7) is 3.29. The first-order valence-corrected chi connectivity index (χ1v) is 23.0. The van der Waals surface area contributed by atoms with E-state index in [2.05, 4.69) is 17.0 Å². The Morgan fingerprint density at radius 3 is 2.16 bits per heavy atom. The van der Waals surface area contributed by atoms with Crippen LogP contribution in [-0.4, -0.2) is 78.5 Å². The molecule has 0 saturated carbocycles. The highest BCUT2D eigenvalue weighted by molar-refractivity contribution is 7.50. The summed E-state index contributed by atoms with van der Waals surface area (Å²) in [6.07, 6.45) is 20.3. The van der Waals surface area contributed by atoms with Crippen molar-refractivity contribution in [1.82, 2.24) is 19.3 Å². The normalized spacial score (nSPS) is 21.1. The molecule has 0 aliphatic carbocycles. The number of hydrogen-bond acceptors (Lipinski definition) is 10. The van der Waals surface area contributed by atoms with Gasteiger partial charge in [0.1, 0.15) is 41.6 Å². The standard InChI is InChI=1S/C43H68FN6O7P/c1-4-5-6-7-8-9-10-11-12-13-14-15-16-17-18-19-20-21-22-36(55-30-34-25-33(28-45)26-35(44)27-34)29-49(3)58(53,54)56-31-43(2)41(52)39(51)40(57-43)37-23-24-38-42(46)47-32-48-50(37)38/h23-27,32,36,39-41,51-52H,4-22,29-31H2,1-3H3,(H,53,54)(H2,46,47,48)/t36-,39+,40+,41+,43-/m1/s1. The molecule has 1 aliphatic heterocycles. The Morgan fingerprint density at radius 2 is 1.57 bits per heavy atom. The highest BCUT2D eigenvalue weighted by Crippen LogP contribution is 2.49. The van der Waals surface area contributed by atoms with Crippen LogP contribution in [0.4, 0.5) is 10.2 Å². The van der Waals surface area contributed by atoms with Gasteiger partial charge < -0.3 is 30.3 Å². The molecule has 0 amide bonds. The Kier molecular flexibility index (Phi) is 20.0. The number of aliphatic hydroxyl groups is 2. The number of fused-ring (bicyclic) bond motifs is 1. The Bertz CT molecular complexity index is 1760. The number of nitriles is 1. The first kappa shape index (κ1) is 47.7. The molecule has 15 heteroatoms. The molecule has 0 bridgehead atoms. The lowest BCUT2D eigenvalue weighted by molar-refractivity contribution is -0.0979. The highest BCUT2D eigenvalue weighted by Gasteiger charge is 2.53. The fourth-order valence-corrected chi connectivity index (χ4v) is 8.73. The molecule has 1 fully saturated rings. The summed E-state index contributed by atoms with van der Waals surface area (Å²) in [5.41, 5.74) is 6.00. The van der Waals surface area contributed by atoms with Gasteiger partial charge in [-0.1, -0.05) is 122 Å².